The molecule has 0 N–H and O–H groups in total. The molecule has 0 radical (unpaired) electrons. The second-order valence-electron chi connectivity index (χ2n) is 5.00. The van der Waals surface area contributed by atoms with Crippen LogP contribution in [0, 0.1) is 0 Å². The van der Waals surface area contributed by atoms with Gasteiger partial charge in [0.1, 0.15) is 11.5 Å². The van der Waals surface area contributed by atoms with Gasteiger partial charge in [-0.05, 0) is 29.8 Å². The Hall–Kier alpha value is -1.91. The molecule has 0 atom stereocenters. The molecule has 0 saturated carbocycles. The van der Waals surface area contributed by atoms with Crippen molar-refractivity contribution in [3.05, 3.63) is 57.6 Å². The maximum atomic E-state index is 12.6. The lowest BCUT2D eigenvalue weighted by molar-refractivity contribution is 0.0784. The van der Waals surface area contributed by atoms with E-state index in [2.05, 4.69) is 0 Å². The molecule has 23 heavy (non-hydrogen) atoms. The number of halogens is 2. The number of methoxy groups -OCH3 is 2. The average molecular weight is 354 g/mol. The molecule has 0 spiro atoms. The Labute approximate surface area is 145 Å². The lowest BCUT2D eigenvalue weighted by Crippen LogP contribution is -2.26. The van der Waals surface area contributed by atoms with Crippen LogP contribution in [0.25, 0.3) is 0 Å². The monoisotopic (exact) mass is 353 g/mol. The maximum Gasteiger partial charge on any atom is 0.254 e. The molecular weight excluding hydrogens is 337 g/mol. The molecular formula is C17H17Cl2NO3. The third-order valence-electron chi connectivity index (χ3n) is 3.37. The van der Waals surface area contributed by atoms with Crippen LogP contribution in [0.15, 0.2) is 36.4 Å². The zero-order valence-corrected chi connectivity index (χ0v) is 14.6. The SMILES string of the molecule is COc1cc(OC)cc(C(=O)N(C)Cc2ccc(Cl)cc2Cl)c1. The fraction of sp³-hybridized carbons (Fsp3) is 0.235. The van der Waals surface area contributed by atoms with Gasteiger partial charge in [-0.3, -0.25) is 4.79 Å². The average Bonchev–Trinajstić information content (AvgIpc) is 2.55. The zero-order chi connectivity index (χ0) is 17.0. The van der Waals surface area contributed by atoms with Crippen molar-refractivity contribution < 1.29 is 14.3 Å². The zero-order valence-electron chi connectivity index (χ0n) is 13.1. The number of carbonyl (C=O) groups is 1. The molecule has 0 aliphatic heterocycles. The topological polar surface area (TPSA) is 38.8 Å². The summed E-state index contributed by atoms with van der Waals surface area (Å²) in [5, 5.41) is 1.09. The van der Waals surface area contributed by atoms with Gasteiger partial charge in [-0.25, -0.2) is 0 Å². The second kappa shape index (κ2) is 7.57. The van der Waals surface area contributed by atoms with Crippen molar-refractivity contribution in [3.8, 4) is 11.5 Å². The number of rotatable bonds is 5. The third kappa shape index (κ3) is 4.30. The van der Waals surface area contributed by atoms with Crippen LogP contribution in [-0.4, -0.2) is 32.1 Å². The van der Waals surface area contributed by atoms with Crippen molar-refractivity contribution in [1.29, 1.82) is 0 Å². The van der Waals surface area contributed by atoms with E-state index < -0.39 is 0 Å². The fourth-order valence-corrected chi connectivity index (χ4v) is 2.60. The lowest BCUT2D eigenvalue weighted by atomic mass is 10.1. The Morgan fingerprint density at radius 3 is 2.17 bits per heavy atom. The molecule has 2 aromatic rings. The van der Waals surface area contributed by atoms with Gasteiger partial charge in [-0.15, -0.1) is 0 Å². The molecule has 2 aromatic carbocycles. The first-order valence-corrected chi connectivity index (χ1v) is 7.62. The first-order valence-electron chi connectivity index (χ1n) is 6.87. The van der Waals surface area contributed by atoms with E-state index in [4.69, 9.17) is 32.7 Å². The molecule has 122 valence electrons. The van der Waals surface area contributed by atoms with Crippen molar-refractivity contribution in [1.82, 2.24) is 4.90 Å². The minimum absolute atomic E-state index is 0.159. The van der Waals surface area contributed by atoms with Crippen molar-refractivity contribution in [2.75, 3.05) is 21.3 Å². The predicted octanol–water partition coefficient (Wildman–Crippen LogP) is 4.28. The summed E-state index contributed by atoms with van der Waals surface area (Å²) in [5.41, 5.74) is 1.30. The summed E-state index contributed by atoms with van der Waals surface area (Å²) in [7, 11) is 4.79. The quantitative estimate of drug-likeness (QED) is 0.804. The summed E-state index contributed by atoms with van der Waals surface area (Å²) in [6.07, 6.45) is 0. The van der Waals surface area contributed by atoms with Crippen LogP contribution in [-0.2, 0) is 6.54 Å². The molecule has 0 unspecified atom stereocenters. The van der Waals surface area contributed by atoms with Gasteiger partial charge >= 0.3 is 0 Å². The van der Waals surface area contributed by atoms with Crippen molar-refractivity contribution in [3.63, 3.8) is 0 Å². The number of ether oxygens (including phenoxy) is 2. The van der Waals surface area contributed by atoms with Gasteiger partial charge in [-0.1, -0.05) is 29.3 Å². The molecule has 0 heterocycles. The van der Waals surface area contributed by atoms with Crippen molar-refractivity contribution in [2.24, 2.45) is 0 Å². The Bertz CT molecular complexity index is 697. The standard InChI is InChI=1S/C17H17Cl2NO3/c1-20(10-11-4-5-13(18)8-16(11)19)17(21)12-6-14(22-2)9-15(7-12)23-3/h4-9H,10H2,1-3H3. The maximum absolute atomic E-state index is 12.6. The fourth-order valence-electron chi connectivity index (χ4n) is 2.13. The number of benzene rings is 2. The highest BCUT2D eigenvalue weighted by atomic mass is 35.5. The van der Waals surface area contributed by atoms with Crippen molar-refractivity contribution >= 4 is 29.1 Å². The molecule has 6 heteroatoms. The van der Waals surface area contributed by atoms with Crippen LogP contribution in [0.1, 0.15) is 15.9 Å². The van der Waals surface area contributed by atoms with Gasteiger partial charge in [0.05, 0.1) is 14.2 Å². The van der Waals surface area contributed by atoms with Crippen LogP contribution in [0.3, 0.4) is 0 Å². The molecule has 0 aliphatic carbocycles. The number of amides is 1. The first-order chi connectivity index (χ1) is 10.9. The van der Waals surface area contributed by atoms with Gasteiger partial charge in [0.25, 0.3) is 5.91 Å². The molecule has 2 rings (SSSR count). The van der Waals surface area contributed by atoms with Crippen molar-refractivity contribution in [2.45, 2.75) is 6.54 Å². The first kappa shape index (κ1) is 17.4. The van der Waals surface area contributed by atoms with E-state index in [-0.39, 0.29) is 5.91 Å². The molecule has 0 aromatic heterocycles. The Balaban J connectivity index is 2.22. The third-order valence-corrected chi connectivity index (χ3v) is 3.95. The molecule has 0 bridgehead atoms. The summed E-state index contributed by atoms with van der Waals surface area (Å²) >= 11 is 12.0. The summed E-state index contributed by atoms with van der Waals surface area (Å²) in [6, 6.07) is 10.3. The normalized spacial score (nSPS) is 10.3. The summed E-state index contributed by atoms with van der Waals surface area (Å²) in [4.78, 5) is 14.2. The van der Waals surface area contributed by atoms with E-state index in [1.165, 1.54) is 0 Å². The second-order valence-corrected chi connectivity index (χ2v) is 5.84. The molecule has 1 amide bonds. The highest BCUT2D eigenvalue weighted by Crippen LogP contribution is 2.25. The van der Waals surface area contributed by atoms with Crippen LogP contribution in [0.5, 0.6) is 11.5 Å². The highest BCUT2D eigenvalue weighted by molar-refractivity contribution is 6.35. The van der Waals surface area contributed by atoms with Gasteiger partial charge in [0, 0.05) is 35.3 Å². The largest absolute Gasteiger partial charge is 0.497 e. The Morgan fingerprint density at radius 1 is 1.04 bits per heavy atom. The van der Waals surface area contributed by atoms with E-state index in [1.54, 1.807) is 62.6 Å². The molecule has 0 aliphatic rings. The van der Waals surface area contributed by atoms with E-state index in [0.29, 0.717) is 33.7 Å². The van der Waals surface area contributed by atoms with Crippen LogP contribution >= 0.6 is 23.2 Å². The minimum atomic E-state index is -0.159. The Morgan fingerprint density at radius 2 is 1.65 bits per heavy atom. The number of hydrogen-bond acceptors (Lipinski definition) is 3. The molecule has 0 saturated heterocycles. The van der Waals surface area contributed by atoms with Gasteiger partial charge in [-0.2, -0.15) is 0 Å². The van der Waals surface area contributed by atoms with Gasteiger partial charge < -0.3 is 14.4 Å². The number of carbonyl (C=O) groups excluding carboxylic acids is 1. The number of hydrogen-bond donors (Lipinski definition) is 0. The van der Waals surface area contributed by atoms with Crippen LogP contribution in [0.4, 0.5) is 0 Å². The highest BCUT2D eigenvalue weighted by Gasteiger charge is 2.16. The van der Waals surface area contributed by atoms with Gasteiger partial charge in [0.15, 0.2) is 0 Å². The van der Waals surface area contributed by atoms with Crippen LogP contribution in [0.2, 0.25) is 10.0 Å². The van der Waals surface area contributed by atoms with E-state index in [1.807, 2.05) is 0 Å². The van der Waals surface area contributed by atoms with E-state index in [9.17, 15) is 4.79 Å². The molecule has 4 nitrogen and oxygen atoms in total. The lowest BCUT2D eigenvalue weighted by Gasteiger charge is -2.19. The summed E-state index contributed by atoms with van der Waals surface area (Å²) < 4.78 is 10.4. The Kier molecular flexibility index (Phi) is 5.74. The smallest absolute Gasteiger partial charge is 0.254 e. The van der Waals surface area contributed by atoms with E-state index >= 15 is 0 Å². The minimum Gasteiger partial charge on any atom is -0.497 e. The van der Waals surface area contributed by atoms with Gasteiger partial charge in [0.2, 0.25) is 0 Å². The summed E-state index contributed by atoms with van der Waals surface area (Å²) in [6.45, 7) is 0.369. The summed E-state index contributed by atoms with van der Waals surface area (Å²) in [5.74, 6) is 0.962. The number of nitrogens with zero attached hydrogens (tertiary/aromatic N) is 1. The molecule has 0 fully saturated rings. The van der Waals surface area contributed by atoms with Crippen LogP contribution < -0.4 is 9.47 Å². The van der Waals surface area contributed by atoms with E-state index in [0.717, 1.165) is 5.56 Å². The predicted molar refractivity (Wildman–Crippen MR) is 91.8 cm³/mol.